The normalized spacial score (nSPS) is 19.3. The standard InChI is InChI=1S/C28H34F3N5O3.CH4/c1-19-13-21(15-22(14-19)28(29,30)31)16-33-27(39)35-12-10-25(37)36-23(9-5-6-11-32)26(38)34(18-24(35)36)17-20-7-3-2-4-8-20;/h2-4,7-8,13-15,23-24H,5-6,9-12,16-18,32H2,1H3,(H,33,39);1H4/t23-,24?;/m0./s1. The van der Waals surface area contributed by atoms with Crippen molar-refractivity contribution >= 4 is 17.8 Å². The molecule has 0 aliphatic carbocycles. The Morgan fingerprint density at radius 1 is 1.07 bits per heavy atom. The van der Waals surface area contributed by atoms with E-state index in [2.05, 4.69) is 5.32 Å². The first-order valence-corrected chi connectivity index (χ1v) is 13.1. The number of hydrogen-bond donors (Lipinski definition) is 2. The van der Waals surface area contributed by atoms with Crippen molar-refractivity contribution in [3.8, 4) is 0 Å². The van der Waals surface area contributed by atoms with Crippen molar-refractivity contribution in [2.45, 2.75) is 71.5 Å². The first-order valence-electron chi connectivity index (χ1n) is 13.1. The van der Waals surface area contributed by atoms with Crippen molar-refractivity contribution in [2.75, 3.05) is 19.6 Å². The predicted molar refractivity (Wildman–Crippen MR) is 146 cm³/mol. The largest absolute Gasteiger partial charge is 0.416 e. The average molecular weight is 562 g/mol. The number of aryl methyl sites for hydroxylation is 1. The molecule has 4 amide bonds. The molecule has 1 unspecified atom stereocenters. The van der Waals surface area contributed by atoms with Crippen LogP contribution in [-0.4, -0.2) is 64.4 Å². The lowest BCUT2D eigenvalue weighted by Crippen LogP contribution is -2.71. The molecule has 0 saturated carbocycles. The quantitative estimate of drug-likeness (QED) is 0.471. The van der Waals surface area contributed by atoms with Crippen LogP contribution in [0, 0.1) is 6.92 Å². The number of hydrogen-bond acceptors (Lipinski definition) is 4. The number of nitrogens with zero attached hydrogens (tertiary/aromatic N) is 3. The molecule has 2 aromatic carbocycles. The molecule has 2 heterocycles. The van der Waals surface area contributed by atoms with E-state index in [9.17, 15) is 27.6 Å². The molecule has 0 spiro atoms. The van der Waals surface area contributed by atoms with Crippen molar-refractivity contribution < 1.29 is 27.6 Å². The molecule has 2 atom stereocenters. The third kappa shape index (κ3) is 7.12. The van der Waals surface area contributed by atoms with Gasteiger partial charge in [-0.2, -0.15) is 13.2 Å². The highest BCUT2D eigenvalue weighted by Gasteiger charge is 2.48. The minimum Gasteiger partial charge on any atom is -0.334 e. The molecular weight excluding hydrogens is 523 g/mol. The van der Waals surface area contributed by atoms with Gasteiger partial charge in [0.05, 0.1) is 12.1 Å². The van der Waals surface area contributed by atoms with Gasteiger partial charge in [-0.3, -0.25) is 9.59 Å². The molecule has 2 aliphatic rings. The van der Waals surface area contributed by atoms with Crippen molar-refractivity contribution in [1.82, 2.24) is 20.0 Å². The van der Waals surface area contributed by atoms with Crippen LogP contribution in [0.1, 0.15) is 55.4 Å². The minimum absolute atomic E-state index is 0. The fraction of sp³-hybridized carbons (Fsp3) is 0.483. The summed E-state index contributed by atoms with van der Waals surface area (Å²) in [6.07, 6.45) is -3.32. The number of halogens is 3. The fourth-order valence-electron chi connectivity index (χ4n) is 5.33. The fourth-order valence-corrected chi connectivity index (χ4v) is 5.33. The van der Waals surface area contributed by atoms with Gasteiger partial charge in [0.2, 0.25) is 11.8 Å². The summed E-state index contributed by atoms with van der Waals surface area (Å²) in [5, 5.41) is 2.73. The highest BCUT2D eigenvalue weighted by Crippen LogP contribution is 2.31. The molecular formula is C29H38F3N5O3. The summed E-state index contributed by atoms with van der Waals surface area (Å²) >= 11 is 0. The maximum Gasteiger partial charge on any atom is 0.416 e. The predicted octanol–water partition coefficient (Wildman–Crippen LogP) is 4.26. The topological polar surface area (TPSA) is 99.0 Å². The first kappa shape index (κ1) is 30.9. The number of nitrogens with one attached hydrogen (secondary N) is 1. The molecule has 8 nitrogen and oxygen atoms in total. The van der Waals surface area contributed by atoms with E-state index in [4.69, 9.17) is 5.73 Å². The van der Waals surface area contributed by atoms with E-state index in [1.165, 1.54) is 9.80 Å². The van der Waals surface area contributed by atoms with E-state index in [0.29, 0.717) is 43.5 Å². The van der Waals surface area contributed by atoms with Gasteiger partial charge in [0.25, 0.3) is 0 Å². The number of unbranched alkanes of at least 4 members (excludes halogenated alkanes) is 1. The van der Waals surface area contributed by atoms with E-state index in [1.54, 1.807) is 17.9 Å². The molecule has 2 fully saturated rings. The van der Waals surface area contributed by atoms with Gasteiger partial charge in [0.1, 0.15) is 12.2 Å². The van der Waals surface area contributed by atoms with Gasteiger partial charge < -0.3 is 25.8 Å². The van der Waals surface area contributed by atoms with Crippen molar-refractivity contribution in [3.63, 3.8) is 0 Å². The third-order valence-electron chi connectivity index (χ3n) is 7.17. The molecule has 40 heavy (non-hydrogen) atoms. The van der Waals surface area contributed by atoms with E-state index in [0.717, 1.165) is 17.7 Å². The minimum atomic E-state index is -4.49. The van der Waals surface area contributed by atoms with Crippen LogP contribution in [0.3, 0.4) is 0 Å². The zero-order chi connectivity index (χ0) is 28.2. The smallest absolute Gasteiger partial charge is 0.334 e. The molecule has 218 valence electrons. The molecule has 4 rings (SSSR count). The Bertz CT molecular complexity index is 1190. The van der Waals surface area contributed by atoms with Gasteiger partial charge in [-0.15, -0.1) is 0 Å². The molecule has 0 radical (unpaired) electrons. The third-order valence-corrected chi connectivity index (χ3v) is 7.17. The lowest BCUT2D eigenvalue weighted by Gasteiger charge is -2.52. The van der Waals surface area contributed by atoms with Crippen molar-refractivity contribution in [2.24, 2.45) is 5.73 Å². The van der Waals surface area contributed by atoms with Crippen LogP contribution in [0.2, 0.25) is 0 Å². The average Bonchev–Trinajstić information content (AvgIpc) is 2.89. The second-order valence-electron chi connectivity index (χ2n) is 10.1. The number of fused-ring (bicyclic) bond motifs is 1. The summed E-state index contributed by atoms with van der Waals surface area (Å²) in [5.74, 6) is -0.356. The molecule has 11 heteroatoms. The van der Waals surface area contributed by atoms with Crippen LogP contribution >= 0.6 is 0 Å². The maximum atomic E-state index is 13.5. The highest BCUT2D eigenvalue weighted by atomic mass is 19.4. The lowest BCUT2D eigenvalue weighted by atomic mass is 9.98. The van der Waals surface area contributed by atoms with Crippen LogP contribution in [0.5, 0.6) is 0 Å². The van der Waals surface area contributed by atoms with Gasteiger partial charge >= 0.3 is 12.2 Å². The summed E-state index contributed by atoms with van der Waals surface area (Å²) in [7, 11) is 0. The number of benzene rings is 2. The number of amides is 4. The molecule has 0 aromatic heterocycles. The number of carbonyl (C=O) groups is 3. The number of alkyl halides is 3. The summed E-state index contributed by atoms with van der Waals surface area (Å²) in [6.45, 7) is 2.56. The molecule has 2 aliphatic heterocycles. The van der Waals surface area contributed by atoms with Crippen molar-refractivity contribution in [3.05, 3.63) is 70.8 Å². The Morgan fingerprint density at radius 2 is 1.80 bits per heavy atom. The lowest BCUT2D eigenvalue weighted by molar-refractivity contribution is -0.167. The molecule has 2 saturated heterocycles. The Morgan fingerprint density at radius 3 is 2.48 bits per heavy atom. The van der Waals surface area contributed by atoms with E-state index in [-0.39, 0.29) is 45.3 Å². The number of nitrogens with two attached hydrogens (primary N) is 1. The number of carbonyl (C=O) groups excluding carboxylic acids is 3. The second kappa shape index (κ2) is 13.2. The maximum absolute atomic E-state index is 13.5. The van der Waals surface area contributed by atoms with Crippen molar-refractivity contribution in [1.29, 1.82) is 0 Å². The van der Waals surface area contributed by atoms with E-state index in [1.807, 2.05) is 30.3 Å². The van der Waals surface area contributed by atoms with Crippen LogP contribution in [0.15, 0.2) is 48.5 Å². The molecule has 2 aromatic rings. The Balaban J connectivity index is 0.00000441. The van der Waals surface area contributed by atoms with Crippen LogP contribution in [0.25, 0.3) is 0 Å². The monoisotopic (exact) mass is 561 g/mol. The van der Waals surface area contributed by atoms with Crippen LogP contribution in [0.4, 0.5) is 18.0 Å². The summed E-state index contributed by atoms with van der Waals surface area (Å²) in [5.41, 5.74) is 6.57. The number of urea groups is 1. The van der Waals surface area contributed by atoms with Crippen LogP contribution in [-0.2, 0) is 28.9 Å². The summed E-state index contributed by atoms with van der Waals surface area (Å²) < 4.78 is 39.8. The first-order chi connectivity index (χ1) is 18.6. The van der Waals surface area contributed by atoms with E-state index >= 15 is 0 Å². The Kier molecular flexibility index (Phi) is 10.2. The number of piperazine rings is 1. The second-order valence-corrected chi connectivity index (χ2v) is 10.1. The highest BCUT2D eigenvalue weighted by molar-refractivity contribution is 5.91. The zero-order valence-electron chi connectivity index (χ0n) is 21.9. The van der Waals surface area contributed by atoms with Gasteiger partial charge in [0, 0.05) is 26.1 Å². The van der Waals surface area contributed by atoms with Crippen LogP contribution < -0.4 is 11.1 Å². The Hall–Kier alpha value is -3.60. The van der Waals surface area contributed by atoms with E-state index < -0.39 is 30.0 Å². The van der Waals surface area contributed by atoms with Gasteiger partial charge in [0.15, 0.2) is 0 Å². The Labute approximate surface area is 233 Å². The zero-order valence-corrected chi connectivity index (χ0v) is 21.9. The molecule has 3 N–H and O–H groups in total. The number of rotatable bonds is 8. The summed E-state index contributed by atoms with van der Waals surface area (Å²) in [6, 6.07) is 11.9. The van der Waals surface area contributed by atoms with Gasteiger partial charge in [-0.25, -0.2) is 4.79 Å². The SMILES string of the molecule is C.Cc1cc(CNC(=O)N2CCC(=O)N3C2CN(Cc2ccccc2)C(=O)[C@@H]3CCCCN)cc(C(F)(F)F)c1. The summed E-state index contributed by atoms with van der Waals surface area (Å²) in [4.78, 5) is 44.7. The van der Waals surface area contributed by atoms with Gasteiger partial charge in [-0.05, 0) is 56.0 Å². The molecule has 0 bridgehead atoms. The van der Waals surface area contributed by atoms with Gasteiger partial charge in [-0.1, -0.05) is 49.4 Å².